The maximum atomic E-state index is 12.3. The highest BCUT2D eigenvalue weighted by molar-refractivity contribution is 5.94. The molecule has 0 bridgehead atoms. The third kappa shape index (κ3) is 4.07. The second-order valence-electron chi connectivity index (χ2n) is 5.81. The van der Waals surface area contributed by atoms with Crippen molar-refractivity contribution in [3.8, 4) is 0 Å². The van der Waals surface area contributed by atoms with E-state index in [4.69, 9.17) is 0 Å². The van der Waals surface area contributed by atoms with E-state index in [0.29, 0.717) is 18.7 Å². The predicted molar refractivity (Wildman–Crippen MR) is 92.8 cm³/mol. The van der Waals surface area contributed by atoms with Crippen LogP contribution in [0.25, 0.3) is 0 Å². The van der Waals surface area contributed by atoms with Crippen LogP contribution >= 0.6 is 0 Å². The van der Waals surface area contributed by atoms with E-state index >= 15 is 0 Å². The fourth-order valence-corrected chi connectivity index (χ4v) is 2.51. The smallest absolute Gasteiger partial charge is 0.251 e. The molecule has 5 nitrogen and oxygen atoms in total. The molecule has 0 radical (unpaired) electrons. The molecule has 0 spiro atoms. The van der Waals surface area contributed by atoms with Crippen molar-refractivity contribution in [2.24, 2.45) is 0 Å². The summed E-state index contributed by atoms with van der Waals surface area (Å²) in [6.45, 7) is 3.37. The lowest BCUT2D eigenvalue weighted by molar-refractivity contribution is 0.0951. The van der Waals surface area contributed by atoms with Gasteiger partial charge in [0.05, 0.1) is 6.54 Å². The van der Waals surface area contributed by atoms with Gasteiger partial charge in [-0.3, -0.25) is 4.79 Å². The van der Waals surface area contributed by atoms with Crippen LogP contribution < -0.4 is 5.32 Å². The Balaban J connectivity index is 1.55. The zero-order chi connectivity index (χ0) is 16.8. The average Bonchev–Trinajstić information content (AvgIpc) is 3.14. The molecule has 1 aromatic heterocycles. The molecule has 0 aliphatic rings. The standard InChI is InChI=1S/C19H20N4O/c1-15(17-5-3-2-4-6-17)11-21-19(24)18-9-7-16(8-10-18)12-23-14-20-13-22-23/h2-10,13-15H,11-12H2,1H3,(H,21,24)/t15-/m1/s1. The van der Waals surface area contributed by atoms with Gasteiger partial charge in [-0.05, 0) is 29.2 Å². The molecule has 0 saturated heterocycles. The molecule has 0 unspecified atom stereocenters. The number of nitrogens with one attached hydrogen (secondary N) is 1. The maximum Gasteiger partial charge on any atom is 0.251 e. The van der Waals surface area contributed by atoms with Crippen LogP contribution in [0.3, 0.4) is 0 Å². The van der Waals surface area contributed by atoms with Crippen LogP contribution in [0.4, 0.5) is 0 Å². The van der Waals surface area contributed by atoms with E-state index in [1.807, 2.05) is 42.5 Å². The fourth-order valence-electron chi connectivity index (χ4n) is 2.51. The molecule has 1 heterocycles. The number of carbonyl (C=O) groups is 1. The Labute approximate surface area is 141 Å². The van der Waals surface area contributed by atoms with E-state index in [2.05, 4.69) is 34.5 Å². The summed E-state index contributed by atoms with van der Waals surface area (Å²) < 4.78 is 1.75. The summed E-state index contributed by atoms with van der Waals surface area (Å²) in [4.78, 5) is 16.2. The quantitative estimate of drug-likeness (QED) is 0.760. The number of nitrogens with zero attached hydrogens (tertiary/aromatic N) is 3. The van der Waals surface area contributed by atoms with Crippen molar-refractivity contribution in [3.63, 3.8) is 0 Å². The fraction of sp³-hybridized carbons (Fsp3) is 0.211. The van der Waals surface area contributed by atoms with Crippen molar-refractivity contribution in [1.82, 2.24) is 20.1 Å². The summed E-state index contributed by atoms with van der Waals surface area (Å²) in [5.74, 6) is 0.229. The average molecular weight is 320 g/mol. The lowest BCUT2D eigenvalue weighted by Crippen LogP contribution is -2.27. The molecular weight excluding hydrogens is 300 g/mol. The van der Waals surface area contributed by atoms with Crippen molar-refractivity contribution >= 4 is 5.91 Å². The molecular formula is C19H20N4O. The summed E-state index contributed by atoms with van der Waals surface area (Å²) >= 11 is 0. The third-order valence-corrected chi connectivity index (χ3v) is 3.96. The van der Waals surface area contributed by atoms with E-state index in [0.717, 1.165) is 5.56 Å². The zero-order valence-corrected chi connectivity index (χ0v) is 13.6. The van der Waals surface area contributed by atoms with Gasteiger partial charge in [0.1, 0.15) is 12.7 Å². The molecule has 1 amide bonds. The van der Waals surface area contributed by atoms with E-state index in [-0.39, 0.29) is 11.8 Å². The minimum absolute atomic E-state index is 0.0508. The highest BCUT2D eigenvalue weighted by atomic mass is 16.1. The van der Waals surface area contributed by atoms with Crippen LogP contribution in [0.1, 0.15) is 34.3 Å². The first-order valence-corrected chi connectivity index (χ1v) is 7.97. The van der Waals surface area contributed by atoms with Gasteiger partial charge in [0.2, 0.25) is 0 Å². The minimum atomic E-state index is -0.0508. The van der Waals surface area contributed by atoms with Gasteiger partial charge in [-0.25, -0.2) is 9.67 Å². The summed E-state index contributed by atoms with van der Waals surface area (Å²) in [5, 5.41) is 7.07. The Morgan fingerprint density at radius 1 is 1.12 bits per heavy atom. The molecule has 1 atom stereocenters. The molecule has 24 heavy (non-hydrogen) atoms. The number of hydrogen-bond donors (Lipinski definition) is 1. The molecule has 122 valence electrons. The number of hydrogen-bond acceptors (Lipinski definition) is 3. The van der Waals surface area contributed by atoms with Gasteiger partial charge >= 0.3 is 0 Å². The van der Waals surface area contributed by atoms with E-state index in [9.17, 15) is 4.79 Å². The Bertz CT molecular complexity index is 767. The summed E-state index contributed by atoms with van der Waals surface area (Å²) in [6.07, 6.45) is 3.18. The predicted octanol–water partition coefficient (Wildman–Crippen LogP) is 2.86. The van der Waals surface area contributed by atoms with E-state index < -0.39 is 0 Å². The monoisotopic (exact) mass is 320 g/mol. The highest BCUT2D eigenvalue weighted by Crippen LogP contribution is 2.13. The van der Waals surface area contributed by atoms with Gasteiger partial charge in [-0.2, -0.15) is 5.10 Å². The first kappa shape index (κ1) is 15.9. The van der Waals surface area contributed by atoms with Crippen molar-refractivity contribution in [3.05, 3.63) is 83.9 Å². The van der Waals surface area contributed by atoms with Crippen LogP contribution in [-0.4, -0.2) is 27.2 Å². The molecule has 2 aromatic carbocycles. The van der Waals surface area contributed by atoms with Gasteiger partial charge in [-0.15, -0.1) is 0 Å². The Kier molecular flexibility index (Phi) is 5.01. The largest absolute Gasteiger partial charge is 0.351 e. The molecule has 0 aliphatic heterocycles. The van der Waals surface area contributed by atoms with Gasteiger partial charge in [0, 0.05) is 12.1 Å². The van der Waals surface area contributed by atoms with Crippen molar-refractivity contribution in [2.75, 3.05) is 6.54 Å². The maximum absolute atomic E-state index is 12.3. The molecule has 1 N–H and O–H groups in total. The van der Waals surface area contributed by atoms with Crippen molar-refractivity contribution < 1.29 is 4.79 Å². The third-order valence-electron chi connectivity index (χ3n) is 3.96. The van der Waals surface area contributed by atoms with Gasteiger partial charge in [-0.1, -0.05) is 49.4 Å². The van der Waals surface area contributed by atoms with Crippen molar-refractivity contribution in [2.45, 2.75) is 19.4 Å². The molecule has 0 saturated carbocycles. The number of benzene rings is 2. The van der Waals surface area contributed by atoms with Gasteiger partial charge in [0.15, 0.2) is 0 Å². The number of carbonyl (C=O) groups excluding carboxylic acids is 1. The summed E-state index contributed by atoms with van der Waals surface area (Å²) in [6, 6.07) is 17.8. The van der Waals surface area contributed by atoms with Crippen LogP contribution in [0, 0.1) is 0 Å². The lowest BCUT2D eigenvalue weighted by Gasteiger charge is -2.13. The van der Waals surface area contributed by atoms with E-state index in [1.54, 1.807) is 11.0 Å². The van der Waals surface area contributed by atoms with E-state index in [1.165, 1.54) is 11.9 Å². The first-order valence-electron chi connectivity index (χ1n) is 7.97. The molecule has 0 aliphatic carbocycles. The summed E-state index contributed by atoms with van der Waals surface area (Å²) in [7, 11) is 0. The number of amides is 1. The second kappa shape index (κ2) is 7.55. The van der Waals surface area contributed by atoms with Crippen LogP contribution in [0.15, 0.2) is 67.3 Å². The topological polar surface area (TPSA) is 59.8 Å². The first-order chi connectivity index (χ1) is 11.7. The Morgan fingerprint density at radius 2 is 1.88 bits per heavy atom. The number of rotatable bonds is 6. The molecule has 0 fully saturated rings. The zero-order valence-electron chi connectivity index (χ0n) is 13.6. The normalized spacial score (nSPS) is 11.9. The van der Waals surface area contributed by atoms with Crippen LogP contribution in [-0.2, 0) is 6.54 Å². The molecule has 3 rings (SSSR count). The van der Waals surface area contributed by atoms with Crippen LogP contribution in [0.5, 0.6) is 0 Å². The number of aromatic nitrogens is 3. The SMILES string of the molecule is C[C@H](CNC(=O)c1ccc(Cn2cncn2)cc1)c1ccccc1. The highest BCUT2D eigenvalue weighted by Gasteiger charge is 2.09. The lowest BCUT2D eigenvalue weighted by atomic mass is 10.0. The van der Waals surface area contributed by atoms with Crippen molar-refractivity contribution in [1.29, 1.82) is 0 Å². The second-order valence-corrected chi connectivity index (χ2v) is 5.81. The summed E-state index contributed by atoms with van der Waals surface area (Å²) in [5.41, 5.74) is 2.97. The van der Waals surface area contributed by atoms with Crippen LogP contribution in [0.2, 0.25) is 0 Å². The molecule has 3 aromatic rings. The Hall–Kier alpha value is -2.95. The van der Waals surface area contributed by atoms with Gasteiger partial charge in [0.25, 0.3) is 5.91 Å². The van der Waals surface area contributed by atoms with Gasteiger partial charge < -0.3 is 5.32 Å². The minimum Gasteiger partial charge on any atom is -0.351 e. The molecule has 5 heteroatoms. The Morgan fingerprint density at radius 3 is 2.54 bits per heavy atom.